The third kappa shape index (κ3) is 1.77. The molecule has 0 spiro atoms. The molecule has 0 saturated heterocycles. The highest BCUT2D eigenvalue weighted by Gasteiger charge is 1.97. The molecule has 1 aromatic rings. The van der Waals surface area contributed by atoms with Crippen LogP contribution in [0.1, 0.15) is 0 Å². The molecule has 0 fully saturated rings. The number of anilines is 2. The molecule has 1 rings (SSSR count). The Morgan fingerprint density at radius 1 is 1.18 bits per heavy atom. The van der Waals surface area contributed by atoms with Crippen molar-refractivity contribution in [3.63, 3.8) is 0 Å². The second-order valence-corrected chi connectivity index (χ2v) is 2.60. The van der Waals surface area contributed by atoms with E-state index in [1.807, 2.05) is 32.3 Å². The molecule has 0 aliphatic heterocycles. The molecule has 1 aromatic carbocycles. The Kier molecular flexibility index (Phi) is 2.60. The Morgan fingerprint density at radius 3 is 2.36 bits per heavy atom. The largest absolute Gasteiger partial charge is 0.388 e. The highest BCUT2D eigenvalue weighted by Crippen LogP contribution is 2.24. The number of hydrogen-bond acceptors (Lipinski definition) is 2. The van der Waals surface area contributed by atoms with Gasteiger partial charge in [-0.1, -0.05) is 11.6 Å². The summed E-state index contributed by atoms with van der Waals surface area (Å²) in [6, 6.07) is 5.79. The number of rotatable bonds is 2. The third-order valence-corrected chi connectivity index (χ3v) is 1.84. The lowest BCUT2D eigenvalue weighted by Crippen LogP contribution is -1.91. The van der Waals surface area contributed by atoms with Gasteiger partial charge in [0.1, 0.15) is 0 Å². The van der Waals surface area contributed by atoms with E-state index >= 15 is 0 Å². The standard InChI is InChI=1S/C8H11ClN2/c1-10-6-3-4-8(11-2)7(9)5-6/h3-5,10-11H,1-2H3. The van der Waals surface area contributed by atoms with Gasteiger partial charge in [0.15, 0.2) is 0 Å². The van der Waals surface area contributed by atoms with Crippen LogP contribution in [-0.4, -0.2) is 14.1 Å². The lowest BCUT2D eigenvalue weighted by molar-refractivity contribution is 1.47. The molecule has 0 aromatic heterocycles. The molecule has 0 atom stereocenters. The normalized spacial score (nSPS) is 9.36. The summed E-state index contributed by atoms with van der Waals surface area (Å²) < 4.78 is 0. The van der Waals surface area contributed by atoms with Crippen LogP contribution in [0.2, 0.25) is 5.02 Å². The molecular weight excluding hydrogens is 160 g/mol. The highest BCUT2D eigenvalue weighted by molar-refractivity contribution is 6.33. The van der Waals surface area contributed by atoms with Crippen molar-refractivity contribution in [1.29, 1.82) is 0 Å². The minimum Gasteiger partial charge on any atom is -0.388 e. The summed E-state index contributed by atoms with van der Waals surface area (Å²) in [6.45, 7) is 0. The van der Waals surface area contributed by atoms with Crippen molar-refractivity contribution in [1.82, 2.24) is 0 Å². The van der Waals surface area contributed by atoms with Gasteiger partial charge in [0, 0.05) is 19.8 Å². The summed E-state index contributed by atoms with van der Waals surface area (Å²) in [5, 5.41) is 6.73. The fourth-order valence-corrected chi connectivity index (χ4v) is 1.15. The molecule has 60 valence electrons. The predicted octanol–water partition coefficient (Wildman–Crippen LogP) is 2.42. The van der Waals surface area contributed by atoms with Crippen LogP contribution in [0.3, 0.4) is 0 Å². The zero-order chi connectivity index (χ0) is 8.27. The first-order valence-corrected chi connectivity index (χ1v) is 3.80. The fourth-order valence-electron chi connectivity index (χ4n) is 0.873. The lowest BCUT2D eigenvalue weighted by atomic mass is 10.3. The minimum absolute atomic E-state index is 0.736. The quantitative estimate of drug-likeness (QED) is 0.713. The van der Waals surface area contributed by atoms with Gasteiger partial charge in [0.05, 0.1) is 10.7 Å². The molecule has 0 heterocycles. The van der Waals surface area contributed by atoms with Crippen LogP contribution in [0.4, 0.5) is 11.4 Å². The molecule has 0 bridgehead atoms. The van der Waals surface area contributed by atoms with Gasteiger partial charge in [-0.15, -0.1) is 0 Å². The summed E-state index contributed by atoms with van der Waals surface area (Å²) in [4.78, 5) is 0. The first-order chi connectivity index (χ1) is 5.27. The Hall–Kier alpha value is -0.890. The number of halogens is 1. The topological polar surface area (TPSA) is 24.1 Å². The molecule has 0 amide bonds. The summed E-state index contributed by atoms with van der Waals surface area (Å²) in [6.07, 6.45) is 0. The number of nitrogens with one attached hydrogen (secondary N) is 2. The van der Waals surface area contributed by atoms with Crippen molar-refractivity contribution < 1.29 is 0 Å². The van der Waals surface area contributed by atoms with Gasteiger partial charge in [-0.05, 0) is 18.2 Å². The second-order valence-electron chi connectivity index (χ2n) is 2.19. The first-order valence-electron chi connectivity index (χ1n) is 3.43. The van der Waals surface area contributed by atoms with E-state index in [0.717, 1.165) is 16.4 Å². The summed E-state index contributed by atoms with van der Waals surface area (Å²) in [5.41, 5.74) is 1.97. The highest BCUT2D eigenvalue weighted by atomic mass is 35.5. The van der Waals surface area contributed by atoms with Crippen molar-refractivity contribution in [2.24, 2.45) is 0 Å². The first kappa shape index (κ1) is 8.21. The van der Waals surface area contributed by atoms with Crippen LogP contribution in [-0.2, 0) is 0 Å². The van der Waals surface area contributed by atoms with E-state index in [1.54, 1.807) is 0 Å². The van der Waals surface area contributed by atoms with Crippen LogP contribution in [0.15, 0.2) is 18.2 Å². The summed E-state index contributed by atoms with van der Waals surface area (Å²) in [7, 11) is 3.71. The molecular formula is C8H11ClN2. The molecule has 2 N–H and O–H groups in total. The van der Waals surface area contributed by atoms with Gasteiger partial charge in [0.2, 0.25) is 0 Å². The number of benzene rings is 1. The predicted molar refractivity (Wildman–Crippen MR) is 50.5 cm³/mol. The minimum atomic E-state index is 0.736. The lowest BCUT2D eigenvalue weighted by Gasteiger charge is -2.05. The number of hydrogen-bond donors (Lipinski definition) is 2. The molecule has 11 heavy (non-hydrogen) atoms. The van der Waals surface area contributed by atoms with E-state index < -0.39 is 0 Å². The SMILES string of the molecule is CNc1ccc(NC)c(Cl)c1. The average Bonchev–Trinajstić information content (AvgIpc) is 2.04. The zero-order valence-corrected chi connectivity index (χ0v) is 7.37. The molecule has 0 aliphatic carbocycles. The Morgan fingerprint density at radius 2 is 1.91 bits per heavy atom. The van der Waals surface area contributed by atoms with E-state index in [9.17, 15) is 0 Å². The molecule has 3 heteroatoms. The monoisotopic (exact) mass is 170 g/mol. The smallest absolute Gasteiger partial charge is 0.0657 e. The Balaban J connectivity index is 2.99. The van der Waals surface area contributed by atoms with Crippen LogP contribution in [0.25, 0.3) is 0 Å². The van der Waals surface area contributed by atoms with Crippen molar-refractivity contribution in [2.45, 2.75) is 0 Å². The Bertz CT molecular complexity index is 248. The zero-order valence-electron chi connectivity index (χ0n) is 6.61. The maximum absolute atomic E-state index is 5.91. The summed E-state index contributed by atoms with van der Waals surface area (Å²) >= 11 is 5.91. The van der Waals surface area contributed by atoms with Gasteiger partial charge < -0.3 is 10.6 Å². The fraction of sp³-hybridized carbons (Fsp3) is 0.250. The van der Waals surface area contributed by atoms with Crippen LogP contribution in [0.5, 0.6) is 0 Å². The molecule has 0 radical (unpaired) electrons. The van der Waals surface area contributed by atoms with Crippen molar-refractivity contribution in [3.8, 4) is 0 Å². The van der Waals surface area contributed by atoms with E-state index in [2.05, 4.69) is 10.6 Å². The van der Waals surface area contributed by atoms with Gasteiger partial charge in [0.25, 0.3) is 0 Å². The van der Waals surface area contributed by atoms with Gasteiger partial charge in [-0.3, -0.25) is 0 Å². The van der Waals surface area contributed by atoms with E-state index in [0.29, 0.717) is 0 Å². The third-order valence-electron chi connectivity index (χ3n) is 1.53. The van der Waals surface area contributed by atoms with E-state index in [1.165, 1.54) is 0 Å². The molecule has 2 nitrogen and oxygen atoms in total. The van der Waals surface area contributed by atoms with E-state index in [4.69, 9.17) is 11.6 Å². The van der Waals surface area contributed by atoms with Crippen molar-refractivity contribution in [3.05, 3.63) is 23.2 Å². The van der Waals surface area contributed by atoms with Gasteiger partial charge in [-0.25, -0.2) is 0 Å². The molecule has 0 aliphatic rings. The van der Waals surface area contributed by atoms with Gasteiger partial charge in [-0.2, -0.15) is 0 Å². The van der Waals surface area contributed by atoms with E-state index in [-0.39, 0.29) is 0 Å². The summed E-state index contributed by atoms with van der Waals surface area (Å²) in [5.74, 6) is 0. The second kappa shape index (κ2) is 3.49. The Labute approximate surface area is 71.6 Å². The molecule has 0 unspecified atom stereocenters. The molecule has 0 saturated carbocycles. The van der Waals surface area contributed by atoms with Gasteiger partial charge >= 0.3 is 0 Å². The van der Waals surface area contributed by atoms with Crippen molar-refractivity contribution >= 4 is 23.0 Å². The maximum Gasteiger partial charge on any atom is 0.0657 e. The van der Waals surface area contributed by atoms with Crippen LogP contribution < -0.4 is 10.6 Å². The van der Waals surface area contributed by atoms with Crippen LogP contribution >= 0.6 is 11.6 Å². The average molecular weight is 171 g/mol. The van der Waals surface area contributed by atoms with Crippen LogP contribution in [0, 0.1) is 0 Å². The maximum atomic E-state index is 5.91. The van der Waals surface area contributed by atoms with Crippen molar-refractivity contribution in [2.75, 3.05) is 24.7 Å².